The Balaban J connectivity index is 1.99. The van der Waals surface area contributed by atoms with Crippen LogP contribution in [-0.2, 0) is 0 Å². The van der Waals surface area contributed by atoms with Crippen LogP contribution < -0.4 is 10.1 Å². The van der Waals surface area contributed by atoms with E-state index in [-0.39, 0.29) is 18.1 Å². The Kier molecular flexibility index (Phi) is 4.34. The summed E-state index contributed by atoms with van der Waals surface area (Å²) in [5.41, 5.74) is 1.27. The average molecular weight is 274 g/mol. The summed E-state index contributed by atoms with van der Waals surface area (Å²) in [5.74, 6) is 0.425. The third-order valence-electron chi connectivity index (χ3n) is 2.71. The topological polar surface area (TPSA) is 79.9 Å². The Bertz CT molecular complexity index is 549. The number of aromatic amines is 1. The Morgan fingerprint density at radius 2 is 2.10 bits per heavy atom. The van der Waals surface area contributed by atoms with Crippen molar-refractivity contribution >= 4 is 5.91 Å². The molecule has 1 atom stereocenters. The van der Waals surface area contributed by atoms with Crippen LogP contribution in [0.25, 0.3) is 0 Å². The minimum Gasteiger partial charge on any atom is -0.489 e. The monoisotopic (exact) mass is 274 g/mol. The summed E-state index contributed by atoms with van der Waals surface area (Å²) in [6.45, 7) is 5.76. The second kappa shape index (κ2) is 6.18. The molecule has 0 aliphatic rings. The van der Waals surface area contributed by atoms with Crippen molar-refractivity contribution in [2.24, 2.45) is 0 Å². The fourth-order valence-electron chi connectivity index (χ4n) is 1.71. The van der Waals surface area contributed by atoms with E-state index in [9.17, 15) is 4.79 Å². The second-order valence-electron chi connectivity index (χ2n) is 4.77. The number of H-pyrrole nitrogens is 1. The number of pyridine rings is 1. The molecule has 106 valence electrons. The lowest BCUT2D eigenvalue weighted by molar-refractivity contribution is 0.0935. The maximum atomic E-state index is 12.0. The van der Waals surface area contributed by atoms with Gasteiger partial charge in [-0.3, -0.25) is 9.89 Å². The summed E-state index contributed by atoms with van der Waals surface area (Å²) in [5, 5.41) is 9.43. The highest BCUT2D eigenvalue weighted by molar-refractivity contribution is 5.92. The molecule has 6 nitrogen and oxygen atoms in total. The second-order valence-corrected chi connectivity index (χ2v) is 4.77. The summed E-state index contributed by atoms with van der Waals surface area (Å²) >= 11 is 0. The lowest BCUT2D eigenvalue weighted by atomic mass is 10.2. The zero-order valence-corrected chi connectivity index (χ0v) is 11.8. The molecule has 0 fully saturated rings. The lowest BCUT2D eigenvalue weighted by Crippen LogP contribution is -2.27. The van der Waals surface area contributed by atoms with Crippen LogP contribution in [0.4, 0.5) is 0 Å². The van der Waals surface area contributed by atoms with Crippen molar-refractivity contribution in [2.75, 3.05) is 0 Å². The summed E-state index contributed by atoms with van der Waals surface area (Å²) in [6.07, 6.45) is 5.06. The van der Waals surface area contributed by atoms with Gasteiger partial charge < -0.3 is 10.1 Å². The zero-order chi connectivity index (χ0) is 14.5. The van der Waals surface area contributed by atoms with Gasteiger partial charge in [-0.05, 0) is 32.9 Å². The number of aromatic nitrogens is 3. The summed E-state index contributed by atoms with van der Waals surface area (Å²) in [7, 11) is 0. The molecule has 2 rings (SSSR count). The van der Waals surface area contributed by atoms with Gasteiger partial charge in [0.1, 0.15) is 11.4 Å². The third kappa shape index (κ3) is 3.57. The predicted octanol–water partition coefficient (Wildman–Crippen LogP) is 2.08. The summed E-state index contributed by atoms with van der Waals surface area (Å²) < 4.78 is 5.48. The number of nitrogens with one attached hydrogen (secondary N) is 2. The van der Waals surface area contributed by atoms with Gasteiger partial charge in [-0.1, -0.05) is 0 Å². The van der Waals surface area contributed by atoms with Crippen LogP contribution in [-0.4, -0.2) is 27.2 Å². The van der Waals surface area contributed by atoms with E-state index in [0.29, 0.717) is 11.4 Å². The predicted molar refractivity (Wildman–Crippen MR) is 74.5 cm³/mol. The number of amides is 1. The molecule has 20 heavy (non-hydrogen) atoms. The number of carbonyl (C=O) groups is 1. The fraction of sp³-hybridized carbons (Fsp3) is 0.357. The van der Waals surface area contributed by atoms with Crippen molar-refractivity contribution in [1.82, 2.24) is 20.5 Å². The molecule has 0 radical (unpaired) electrons. The first-order valence-corrected chi connectivity index (χ1v) is 6.48. The largest absolute Gasteiger partial charge is 0.489 e. The number of rotatable bonds is 5. The molecule has 2 heterocycles. The standard InChI is InChI=1S/C14H18N4O2/c1-9(2)20-12-4-5-13(15-8-12)14(19)18-10(3)11-6-16-17-7-11/h4-10H,1-3H3,(H,16,17)(H,18,19). The Hall–Kier alpha value is -2.37. The smallest absolute Gasteiger partial charge is 0.270 e. The molecule has 0 aromatic carbocycles. The van der Waals surface area contributed by atoms with Crippen molar-refractivity contribution in [3.63, 3.8) is 0 Å². The third-order valence-corrected chi connectivity index (χ3v) is 2.71. The number of nitrogens with zero attached hydrogens (tertiary/aromatic N) is 2. The van der Waals surface area contributed by atoms with Gasteiger partial charge in [-0.2, -0.15) is 5.10 Å². The molecule has 0 saturated heterocycles. The van der Waals surface area contributed by atoms with Crippen molar-refractivity contribution in [3.05, 3.63) is 42.0 Å². The first kappa shape index (κ1) is 14.0. The van der Waals surface area contributed by atoms with Crippen molar-refractivity contribution in [1.29, 1.82) is 0 Å². The van der Waals surface area contributed by atoms with E-state index in [1.165, 1.54) is 0 Å². The molecule has 0 aliphatic carbocycles. The van der Waals surface area contributed by atoms with E-state index in [0.717, 1.165) is 5.56 Å². The van der Waals surface area contributed by atoms with E-state index in [1.807, 2.05) is 20.8 Å². The molecule has 0 saturated carbocycles. The lowest BCUT2D eigenvalue weighted by Gasteiger charge is -2.12. The van der Waals surface area contributed by atoms with E-state index in [2.05, 4.69) is 20.5 Å². The molecular weight excluding hydrogens is 256 g/mol. The first-order valence-electron chi connectivity index (χ1n) is 6.48. The minimum absolute atomic E-state index is 0.0811. The molecule has 2 N–H and O–H groups in total. The van der Waals surface area contributed by atoms with Crippen molar-refractivity contribution in [3.8, 4) is 5.75 Å². The number of hydrogen-bond acceptors (Lipinski definition) is 4. The van der Waals surface area contributed by atoms with Crippen LogP contribution in [0.5, 0.6) is 5.75 Å². The SMILES string of the molecule is CC(C)Oc1ccc(C(=O)NC(C)c2cn[nH]c2)nc1. The summed E-state index contributed by atoms with van der Waals surface area (Å²) in [6, 6.07) is 3.26. The van der Waals surface area contributed by atoms with Crippen LogP contribution in [0.15, 0.2) is 30.7 Å². The van der Waals surface area contributed by atoms with E-state index in [4.69, 9.17) is 4.74 Å². The highest BCUT2D eigenvalue weighted by atomic mass is 16.5. The van der Waals surface area contributed by atoms with Gasteiger partial charge in [0, 0.05) is 11.8 Å². The quantitative estimate of drug-likeness (QED) is 0.874. The average Bonchev–Trinajstić information content (AvgIpc) is 2.92. The van der Waals surface area contributed by atoms with Gasteiger partial charge in [-0.25, -0.2) is 4.98 Å². The molecule has 6 heteroatoms. The van der Waals surface area contributed by atoms with E-state index >= 15 is 0 Å². The minimum atomic E-state index is -0.227. The number of ether oxygens (including phenoxy) is 1. The molecule has 1 unspecified atom stereocenters. The van der Waals surface area contributed by atoms with Crippen LogP contribution in [0, 0.1) is 0 Å². The van der Waals surface area contributed by atoms with Crippen LogP contribution in [0.1, 0.15) is 42.9 Å². The van der Waals surface area contributed by atoms with Gasteiger partial charge in [0.2, 0.25) is 0 Å². The van der Waals surface area contributed by atoms with E-state index < -0.39 is 0 Å². The molecule has 0 aliphatic heterocycles. The van der Waals surface area contributed by atoms with Crippen LogP contribution >= 0.6 is 0 Å². The fourth-order valence-corrected chi connectivity index (χ4v) is 1.71. The molecular formula is C14H18N4O2. The molecule has 2 aromatic heterocycles. The van der Waals surface area contributed by atoms with E-state index in [1.54, 1.807) is 30.7 Å². The Labute approximate surface area is 117 Å². The number of hydrogen-bond donors (Lipinski definition) is 2. The van der Waals surface area contributed by atoms with Gasteiger partial charge in [0.15, 0.2) is 0 Å². The normalized spacial score (nSPS) is 12.2. The van der Waals surface area contributed by atoms with Crippen LogP contribution in [0.2, 0.25) is 0 Å². The molecule has 0 spiro atoms. The first-order chi connectivity index (χ1) is 9.56. The molecule has 2 aromatic rings. The van der Waals surface area contributed by atoms with Crippen molar-refractivity contribution in [2.45, 2.75) is 32.9 Å². The van der Waals surface area contributed by atoms with Crippen molar-refractivity contribution < 1.29 is 9.53 Å². The summed E-state index contributed by atoms with van der Waals surface area (Å²) in [4.78, 5) is 16.1. The van der Waals surface area contributed by atoms with Crippen LogP contribution in [0.3, 0.4) is 0 Å². The number of carbonyl (C=O) groups excluding carboxylic acids is 1. The maximum Gasteiger partial charge on any atom is 0.270 e. The highest BCUT2D eigenvalue weighted by Crippen LogP contribution is 2.13. The maximum absolute atomic E-state index is 12.0. The Morgan fingerprint density at radius 1 is 1.30 bits per heavy atom. The van der Waals surface area contributed by atoms with Gasteiger partial charge in [0.05, 0.1) is 24.5 Å². The van der Waals surface area contributed by atoms with Gasteiger partial charge >= 0.3 is 0 Å². The zero-order valence-electron chi connectivity index (χ0n) is 11.8. The highest BCUT2D eigenvalue weighted by Gasteiger charge is 2.13. The molecule has 0 bridgehead atoms. The Morgan fingerprint density at radius 3 is 2.65 bits per heavy atom. The van der Waals surface area contributed by atoms with Gasteiger partial charge in [0.25, 0.3) is 5.91 Å². The molecule has 1 amide bonds. The van der Waals surface area contributed by atoms with Gasteiger partial charge in [-0.15, -0.1) is 0 Å².